The smallest absolute Gasteiger partial charge is 0.408 e. The molecule has 0 aromatic heterocycles. The van der Waals surface area contributed by atoms with Crippen LogP contribution in [0.4, 0.5) is 18.0 Å². The maximum absolute atomic E-state index is 14.7. The number of ketones is 1. The van der Waals surface area contributed by atoms with Gasteiger partial charge in [-0.05, 0) is 31.4 Å². The summed E-state index contributed by atoms with van der Waals surface area (Å²) < 4.78 is 53.6. The van der Waals surface area contributed by atoms with Gasteiger partial charge in [-0.2, -0.15) is 0 Å². The summed E-state index contributed by atoms with van der Waals surface area (Å²) in [6.45, 7) is 1.47. The Morgan fingerprint density at radius 3 is 2.32 bits per heavy atom. The lowest BCUT2D eigenvalue weighted by atomic mass is 9.98. The zero-order valence-corrected chi connectivity index (χ0v) is 16.7. The quantitative estimate of drug-likeness (QED) is 0.292. The van der Waals surface area contributed by atoms with E-state index in [0.29, 0.717) is 6.07 Å². The number of benzene rings is 2. The Morgan fingerprint density at radius 1 is 1.03 bits per heavy atom. The van der Waals surface area contributed by atoms with Crippen LogP contribution < -0.4 is 5.32 Å². The van der Waals surface area contributed by atoms with Crippen molar-refractivity contribution in [1.82, 2.24) is 5.32 Å². The largest absolute Gasteiger partial charge is 0.466 e. The van der Waals surface area contributed by atoms with Gasteiger partial charge < -0.3 is 14.8 Å². The highest BCUT2D eigenvalue weighted by Crippen LogP contribution is 2.48. The van der Waals surface area contributed by atoms with Crippen LogP contribution in [0.25, 0.3) is 0 Å². The zero-order chi connectivity index (χ0) is 22.6. The predicted octanol–water partition coefficient (Wildman–Crippen LogP) is 4.16. The second kappa shape index (κ2) is 9.20. The van der Waals surface area contributed by atoms with Crippen LogP contribution in [0.5, 0.6) is 0 Å². The normalized spacial score (nSPS) is 13.9. The summed E-state index contributed by atoms with van der Waals surface area (Å²) >= 11 is 0. The van der Waals surface area contributed by atoms with Crippen LogP contribution in [-0.4, -0.2) is 24.5 Å². The van der Waals surface area contributed by atoms with Gasteiger partial charge in [-0.1, -0.05) is 30.3 Å². The van der Waals surface area contributed by atoms with Gasteiger partial charge in [0.05, 0.1) is 23.3 Å². The van der Waals surface area contributed by atoms with Gasteiger partial charge in [0, 0.05) is 0 Å². The molecule has 1 amide bonds. The molecule has 0 spiro atoms. The van der Waals surface area contributed by atoms with Gasteiger partial charge in [0.2, 0.25) is 0 Å². The number of nitrogens with one attached hydrogen (secondary N) is 1. The number of rotatable bonds is 8. The van der Waals surface area contributed by atoms with Crippen molar-refractivity contribution in [3.63, 3.8) is 0 Å². The summed E-state index contributed by atoms with van der Waals surface area (Å²) in [6, 6.07) is 9.33. The number of hydrogen-bond acceptors (Lipinski definition) is 5. The Balaban J connectivity index is 1.76. The third-order valence-corrected chi connectivity index (χ3v) is 4.85. The van der Waals surface area contributed by atoms with E-state index in [0.717, 1.165) is 5.56 Å². The highest BCUT2D eigenvalue weighted by molar-refractivity contribution is 6.06. The summed E-state index contributed by atoms with van der Waals surface area (Å²) in [5.41, 5.74) is -2.33. The fourth-order valence-corrected chi connectivity index (χ4v) is 3.19. The molecule has 1 aliphatic carbocycles. The van der Waals surface area contributed by atoms with Crippen molar-refractivity contribution in [2.45, 2.75) is 38.3 Å². The van der Waals surface area contributed by atoms with E-state index in [2.05, 4.69) is 10.1 Å². The number of ether oxygens (including phenoxy) is 2. The number of carbonyl (C=O) groups excluding carboxylic acids is 3. The Hall–Kier alpha value is -3.36. The molecule has 6 nitrogen and oxygen atoms in total. The monoisotopic (exact) mass is 435 g/mol. The molecule has 164 valence electrons. The fraction of sp³-hybridized carbons (Fsp3) is 0.318. The topological polar surface area (TPSA) is 81.7 Å². The molecule has 0 atom stereocenters. The first-order valence-corrected chi connectivity index (χ1v) is 9.63. The molecule has 2 aromatic rings. The van der Waals surface area contributed by atoms with Crippen LogP contribution in [0, 0.1) is 17.5 Å². The molecule has 0 aliphatic heterocycles. The molecule has 9 heteroatoms. The summed E-state index contributed by atoms with van der Waals surface area (Å²) in [4.78, 5) is 35.6. The first kappa shape index (κ1) is 22.3. The van der Waals surface area contributed by atoms with Crippen LogP contribution in [0.1, 0.15) is 47.7 Å². The molecule has 3 rings (SSSR count). The van der Waals surface area contributed by atoms with Gasteiger partial charge in [0.25, 0.3) is 0 Å². The van der Waals surface area contributed by atoms with E-state index in [9.17, 15) is 27.6 Å². The van der Waals surface area contributed by atoms with Crippen molar-refractivity contribution in [3.8, 4) is 0 Å². The summed E-state index contributed by atoms with van der Waals surface area (Å²) in [7, 11) is 0. The number of alkyl carbamates (subject to hydrolysis) is 1. The van der Waals surface area contributed by atoms with Crippen molar-refractivity contribution in [2.75, 3.05) is 6.61 Å². The Labute approximate surface area is 176 Å². The lowest BCUT2D eigenvalue weighted by Gasteiger charge is -2.20. The molecule has 1 saturated carbocycles. The second-order valence-corrected chi connectivity index (χ2v) is 7.08. The van der Waals surface area contributed by atoms with Crippen LogP contribution in [0.15, 0.2) is 36.4 Å². The molecule has 31 heavy (non-hydrogen) atoms. The first-order valence-electron chi connectivity index (χ1n) is 9.63. The standard InChI is InChI=1S/C22H20F3NO5/c1-2-30-17(28)11-16(27)14-10-15(23)18(20(25)19(14)24)22(8-9-22)26-21(29)31-12-13-6-4-3-5-7-13/h3-7,10H,2,8-9,11-12H2,1H3,(H,26,29). The van der Waals surface area contributed by atoms with Gasteiger partial charge in [0.15, 0.2) is 17.4 Å². The SMILES string of the molecule is CCOC(=O)CC(=O)c1cc(F)c(C2(NC(=O)OCc3ccccc3)CC2)c(F)c1F. The van der Waals surface area contributed by atoms with Crippen LogP contribution in [0.3, 0.4) is 0 Å². The Morgan fingerprint density at radius 2 is 1.71 bits per heavy atom. The van der Waals surface area contributed by atoms with Crippen molar-refractivity contribution in [2.24, 2.45) is 0 Å². The van der Waals surface area contributed by atoms with E-state index in [1.807, 2.05) is 0 Å². The van der Waals surface area contributed by atoms with E-state index in [4.69, 9.17) is 4.74 Å². The van der Waals surface area contributed by atoms with E-state index in [-0.39, 0.29) is 26.1 Å². The summed E-state index contributed by atoms with van der Waals surface area (Å²) in [5, 5.41) is 2.39. The number of halogens is 3. The second-order valence-electron chi connectivity index (χ2n) is 7.08. The van der Waals surface area contributed by atoms with Gasteiger partial charge >= 0.3 is 12.1 Å². The molecule has 1 fully saturated rings. The number of Topliss-reactive ketones (excluding diaryl/α,β-unsaturated/α-hetero) is 1. The average Bonchev–Trinajstić information content (AvgIpc) is 3.49. The number of hydrogen-bond donors (Lipinski definition) is 1. The molecule has 0 saturated heterocycles. The van der Waals surface area contributed by atoms with Crippen LogP contribution in [0.2, 0.25) is 0 Å². The number of amides is 1. The minimum Gasteiger partial charge on any atom is -0.466 e. The third-order valence-electron chi connectivity index (χ3n) is 4.85. The molecule has 2 aromatic carbocycles. The lowest BCUT2D eigenvalue weighted by Crippen LogP contribution is -2.37. The fourth-order valence-electron chi connectivity index (χ4n) is 3.19. The van der Waals surface area contributed by atoms with Crippen LogP contribution >= 0.6 is 0 Å². The minimum atomic E-state index is -1.59. The van der Waals surface area contributed by atoms with Crippen molar-refractivity contribution in [1.29, 1.82) is 0 Å². The van der Waals surface area contributed by atoms with Crippen molar-refractivity contribution >= 4 is 17.8 Å². The molecular formula is C22H20F3NO5. The Bertz CT molecular complexity index is 1010. The molecule has 0 heterocycles. The van der Waals surface area contributed by atoms with Gasteiger partial charge in [-0.25, -0.2) is 18.0 Å². The van der Waals surface area contributed by atoms with Gasteiger partial charge in [-0.3, -0.25) is 9.59 Å². The predicted molar refractivity (Wildman–Crippen MR) is 103 cm³/mol. The summed E-state index contributed by atoms with van der Waals surface area (Å²) in [6.07, 6.45) is -1.44. The van der Waals surface area contributed by atoms with E-state index in [1.165, 1.54) is 6.92 Å². The van der Waals surface area contributed by atoms with Crippen molar-refractivity contribution in [3.05, 3.63) is 70.5 Å². The molecule has 0 bridgehead atoms. The number of carbonyl (C=O) groups is 3. The molecule has 0 radical (unpaired) electrons. The third kappa shape index (κ3) is 5.04. The molecule has 1 aliphatic rings. The highest BCUT2D eigenvalue weighted by Gasteiger charge is 2.51. The maximum Gasteiger partial charge on any atom is 0.408 e. The Kier molecular flexibility index (Phi) is 6.62. The van der Waals surface area contributed by atoms with E-state index in [1.54, 1.807) is 30.3 Å². The van der Waals surface area contributed by atoms with Gasteiger partial charge in [0.1, 0.15) is 18.8 Å². The average molecular weight is 435 g/mol. The minimum absolute atomic E-state index is 0.00478. The molecule has 1 N–H and O–H groups in total. The molecule has 0 unspecified atom stereocenters. The number of esters is 1. The zero-order valence-electron chi connectivity index (χ0n) is 16.7. The van der Waals surface area contributed by atoms with Gasteiger partial charge in [-0.15, -0.1) is 0 Å². The maximum atomic E-state index is 14.7. The highest BCUT2D eigenvalue weighted by atomic mass is 19.2. The molecular weight excluding hydrogens is 415 g/mol. The van der Waals surface area contributed by atoms with Crippen LogP contribution in [-0.2, 0) is 26.4 Å². The van der Waals surface area contributed by atoms with E-state index >= 15 is 0 Å². The lowest BCUT2D eigenvalue weighted by molar-refractivity contribution is -0.141. The first-order chi connectivity index (χ1) is 14.8. The summed E-state index contributed by atoms with van der Waals surface area (Å²) in [5.74, 6) is -6.42. The van der Waals surface area contributed by atoms with Crippen molar-refractivity contribution < 1.29 is 37.0 Å². The van der Waals surface area contributed by atoms with E-state index < -0.39 is 58.4 Å².